The van der Waals surface area contributed by atoms with Crippen LogP contribution < -0.4 is 20.3 Å². The van der Waals surface area contributed by atoms with Crippen molar-refractivity contribution in [1.29, 1.82) is 0 Å². The van der Waals surface area contributed by atoms with E-state index in [1.54, 1.807) is 6.07 Å². The third-order valence-electron chi connectivity index (χ3n) is 6.37. The lowest BCUT2D eigenvalue weighted by atomic mass is 9.97. The molecule has 0 saturated heterocycles. The standard InChI is InChI=1S/C26H19F3N4O7/c1-39-25-31-8-13(9-32-25)15-6-7-16-20-22(15)40-11-17(12-2-4-14(5-3-12)26(27,28)29)33(20)24(38)19(21(16)36)23(37)30-10-18(34)35/h2-9,17,36H,10-11H2,1H3,(H,30,37)(H,34,35). The average molecular weight is 556 g/mol. The number of aromatic hydroxyl groups is 1. The van der Waals surface area contributed by atoms with Crippen LogP contribution in [0.2, 0.25) is 0 Å². The van der Waals surface area contributed by atoms with E-state index in [4.69, 9.17) is 14.6 Å². The van der Waals surface area contributed by atoms with Gasteiger partial charge in [-0.25, -0.2) is 9.97 Å². The smallest absolute Gasteiger partial charge is 0.416 e. The lowest BCUT2D eigenvalue weighted by Crippen LogP contribution is -2.39. The number of nitrogens with one attached hydrogen (secondary N) is 1. The Hall–Kier alpha value is -5.14. The van der Waals surface area contributed by atoms with Crippen LogP contribution in [0.1, 0.15) is 27.5 Å². The SMILES string of the molecule is COc1ncc(-c2ccc3c(O)c(C(=O)NCC(=O)O)c(=O)n4c3c2OCC4c2ccc(C(F)(F)F)cc2)cn1. The summed E-state index contributed by atoms with van der Waals surface area (Å²) in [5, 5.41) is 22.0. The summed E-state index contributed by atoms with van der Waals surface area (Å²) in [4.78, 5) is 45.7. The number of hydrogen-bond donors (Lipinski definition) is 3. The van der Waals surface area contributed by atoms with Crippen LogP contribution in [0.4, 0.5) is 13.2 Å². The molecular weight excluding hydrogens is 537 g/mol. The van der Waals surface area contributed by atoms with Gasteiger partial charge in [0.25, 0.3) is 11.5 Å². The molecule has 3 heterocycles. The number of carbonyl (C=O) groups excluding carboxylic acids is 1. The van der Waals surface area contributed by atoms with Gasteiger partial charge in [-0.2, -0.15) is 13.2 Å². The van der Waals surface area contributed by atoms with Gasteiger partial charge < -0.3 is 25.0 Å². The molecule has 1 atom stereocenters. The number of aromatic nitrogens is 3. The molecule has 206 valence electrons. The minimum absolute atomic E-state index is 0.0184. The van der Waals surface area contributed by atoms with Gasteiger partial charge in [-0.3, -0.25) is 19.0 Å². The number of carboxylic acids is 1. The van der Waals surface area contributed by atoms with Crippen molar-refractivity contribution in [2.24, 2.45) is 0 Å². The molecule has 2 aromatic carbocycles. The highest BCUT2D eigenvalue weighted by molar-refractivity contribution is 6.05. The van der Waals surface area contributed by atoms with Gasteiger partial charge in [-0.1, -0.05) is 12.1 Å². The van der Waals surface area contributed by atoms with Crippen molar-refractivity contribution in [3.63, 3.8) is 0 Å². The molecule has 0 spiro atoms. The molecule has 4 aromatic rings. The molecule has 3 N–H and O–H groups in total. The summed E-state index contributed by atoms with van der Waals surface area (Å²) in [6, 6.07) is 6.19. The largest absolute Gasteiger partial charge is 0.506 e. The van der Waals surface area contributed by atoms with Gasteiger partial charge in [-0.05, 0) is 29.8 Å². The van der Waals surface area contributed by atoms with Crippen molar-refractivity contribution in [3.8, 4) is 28.6 Å². The number of carboxylic acid groups (broad SMARTS) is 1. The Kier molecular flexibility index (Phi) is 6.53. The highest BCUT2D eigenvalue weighted by Crippen LogP contribution is 2.44. The van der Waals surface area contributed by atoms with Crippen LogP contribution in [0.5, 0.6) is 17.5 Å². The maximum absolute atomic E-state index is 13.8. The quantitative estimate of drug-likeness (QED) is 0.325. The second-order valence-corrected chi connectivity index (χ2v) is 8.72. The summed E-state index contributed by atoms with van der Waals surface area (Å²) in [5.74, 6) is -3.09. The zero-order valence-electron chi connectivity index (χ0n) is 20.5. The van der Waals surface area contributed by atoms with E-state index in [2.05, 4.69) is 15.3 Å². The van der Waals surface area contributed by atoms with E-state index in [1.807, 2.05) is 0 Å². The normalized spacial score (nSPS) is 14.4. The molecule has 0 radical (unpaired) electrons. The van der Waals surface area contributed by atoms with E-state index >= 15 is 0 Å². The number of hydrogen-bond acceptors (Lipinski definition) is 8. The second-order valence-electron chi connectivity index (χ2n) is 8.72. The minimum atomic E-state index is -4.58. The van der Waals surface area contributed by atoms with E-state index in [-0.39, 0.29) is 34.8 Å². The van der Waals surface area contributed by atoms with E-state index in [9.17, 15) is 32.7 Å². The molecule has 0 bridgehead atoms. The Morgan fingerprint density at radius 1 is 1.15 bits per heavy atom. The third kappa shape index (κ3) is 4.52. The fraction of sp³-hybridized carbons (Fsp3) is 0.192. The van der Waals surface area contributed by atoms with Crippen molar-refractivity contribution >= 4 is 22.8 Å². The topological polar surface area (TPSA) is 153 Å². The van der Waals surface area contributed by atoms with Crippen molar-refractivity contribution in [3.05, 3.63) is 75.8 Å². The number of methoxy groups -OCH3 is 1. The molecule has 1 aliphatic heterocycles. The van der Waals surface area contributed by atoms with Crippen LogP contribution in [0.25, 0.3) is 22.0 Å². The lowest BCUT2D eigenvalue weighted by Gasteiger charge is -2.31. The molecule has 1 aliphatic rings. The van der Waals surface area contributed by atoms with E-state index in [1.165, 1.54) is 37.7 Å². The predicted molar refractivity (Wildman–Crippen MR) is 132 cm³/mol. The summed E-state index contributed by atoms with van der Waals surface area (Å²) in [5.41, 5.74) is -1.38. The van der Waals surface area contributed by atoms with Gasteiger partial charge in [0.2, 0.25) is 0 Å². The van der Waals surface area contributed by atoms with Gasteiger partial charge in [-0.15, -0.1) is 0 Å². The van der Waals surface area contributed by atoms with Crippen molar-refractivity contribution in [2.45, 2.75) is 12.2 Å². The highest BCUT2D eigenvalue weighted by atomic mass is 19.4. The number of halogens is 3. The number of pyridine rings is 1. The van der Waals surface area contributed by atoms with Crippen LogP contribution in [0.3, 0.4) is 0 Å². The molecule has 2 aromatic heterocycles. The molecule has 40 heavy (non-hydrogen) atoms. The first kappa shape index (κ1) is 26.5. The number of ether oxygens (including phenoxy) is 2. The average Bonchev–Trinajstić information content (AvgIpc) is 2.94. The van der Waals surface area contributed by atoms with E-state index in [0.717, 1.165) is 16.7 Å². The molecule has 5 rings (SSSR count). The van der Waals surface area contributed by atoms with E-state index < -0.39 is 53.1 Å². The number of aliphatic carboxylic acids is 1. The first-order chi connectivity index (χ1) is 19.0. The van der Waals surface area contributed by atoms with Gasteiger partial charge in [0, 0.05) is 28.9 Å². The molecule has 14 heteroatoms. The van der Waals surface area contributed by atoms with Crippen LogP contribution in [0.15, 0.2) is 53.6 Å². The molecule has 0 aliphatic carbocycles. The Labute approximate surface area is 222 Å². The van der Waals surface area contributed by atoms with Crippen LogP contribution in [0, 0.1) is 0 Å². The number of amides is 1. The summed E-state index contributed by atoms with van der Waals surface area (Å²) in [7, 11) is 1.39. The zero-order chi connectivity index (χ0) is 28.8. The van der Waals surface area contributed by atoms with Gasteiger partial charge in [0.1, 0.15) is 24.5 Å². The van der Waals surface area contributed by atoms with Crippen molar-refractivity contribution < 1.29 is 42.4 Å². The molecule has 11 nitrogen and oxygen atoms in total. The summed E-state index contributed by atoms with van der Waals surface area (Å²) in [6.07, 6.45) is -1.68. The van der Waals surface area contributed by atoms with Gasteiger partial charge in [0.05, 0.1) is 24.2 Å². The Bertz CT molecular complexity index is 1700. The summed E-state index contributed by atoms with van der Waals surface area (Å²) >= 11 is 0. The van der Waals surface area contributed by atoms with Crippen LogP contribution in [-0.2, 0) is 11.0 Å². The molecule has 1 amide bonds. The number of alkyl halides is 3. The Morgan fingerprint density at radius 3 is 2.42 bits per heavy atom. The lowest BCUT2D eigenvalue weighted by molar-refractivity contribution is -0.138. The highest BCUT2D eigenvalue weighted by Gasteiger charge is 2.34. The maximum atomic E-state index is 13.8. The maximum Gasteiger partial charge on any atom is 0.416 e. The zero-order valence-corrected chi connectivity index (χ0v) is 20.5. The number of rotatable bonds is 6. The first-order valence-electron chi connectivity index (χ1n) is 11.6. The summed E-state index contributed by atoms with van der Waals surface area (Å²) < 4.78 is 51.7. The van der Waals surface area contributed by atoms with Crippen molar-refractivity contribution in [2.75, 3.05) is 20.3 Å². The summed E-state index contributed by atoms with van der Waals surface area (Å²) in [6.45, 7) is -1.04. The van der Waals surface area contributed by atoms with Crippen LogP contribution >= 0.6 is 0 Å². The first-order valence-corrected chi connectivity index (χ1v) is 11.6. The Morgan fingerprint density at radius 2 is 1.82 bits per heavy atom. The van der Waals surface area contributed by atoms with E-state index in [0.29, 0.717) is 11.1 Å². The molecule has 0 saturated carbocycles. The number of carbonyl (C=O) groups is 2. The predicted octanol–water partition coefficient (Wildman–Crippen LogP) is 2.99. The molecule has 0 fully saturated rings. The monoisotopic (exact) mass is 556 g/mol. The third-order valence-corrected chi connectivity index (χ3v) is 6.37. The molecular formula is C26H19F3N4O7. The number of benzene rings is 2. The van der Waals surface area contributed by atoms with Gasteiger partial charge in [0.15, 0.2) is 5.75 Å². The van der Waals surface area contributed by atoms with Crippen LogP contribution in [-0.4, -0.2) is 56.9 Å². The van der Waals surface area contributed by atoms with Gasteiger partial charge >= 0.3 is 18.2 Å². The Balaban J connectivity index is 1.76. The fourth-order valence-corrected chi connectivity index (χ4v) is 4.52. The minimum Gasteiger partial charge on any atom is -0.506 e. The fourth-order valence-electron chi connectivity index (χ4n) is 4.52. The number of nitrogens with zero attached hydrogens (tertiary/aromatic N) is 3. The molecule has 1 unspecified atom stereocenters. The van der Waals surface area contributed by atoms with Crippen molar-refractivity contribution in [1.82, 2.24) is 19.9 Å². The second kappa shape index (κ2) is 9.87.